The van der Waals surface area contributed by atoms with Gasteiger partial charge >= 0.3 is 6.03 Å². The molecule has 3 rings (SSSR count). The van der Waals surface area contributed by atoms with Crippen molar-refractivity contribution in [2.75, 3.05) is 25.0 Å². The smallest absolute Gasteiger partial charge is 0.323 e. The molecule has 1 saturated carbocycles. The van der Waals surface area contributed by atoms with Crippen LogP contribution in [0.5, 0.6) is 0 Å². The number of anilines is 1. The van der Waals surface area contributed by atoms with Gasteiger partial charge in [0.15, 0.2) is 5.82 Å². The third kappa shape index (κ3) is 3.83. The van der Waals surface area contributed by atoms with Gasteiger partial charge in [0, 0.05) is 37.8 Å². The molecular formula is C16H25N5O2. The molecule has 0 spiro atoms. The Balaban J connectivity index is 1.63. The highest BCUT2D eigenvalue weighted by Crippen LogP contribution is 2.29. The van der Waals surface area contributed by atoms with Crippen molar-refractivity contribution in [3.05, 3.63) is 11.8 Å². The van der Waals surface area contributed by atoms with Gasteiger partial charge in [-0.1, -0.05) is 19.3 Å². The molecule has 0 unspecified atom stereocenters. The fourth-order valence-electron chi connectivity index (χ4n) is 3.40. The van der Waals surface area contributed by atoms with Crippen LogP contribution < -0.4 is 10.6 Å². The van der Waals surface area contributed by atoms with Crippen LogP contribution in [0.15, 0.2) is 6.07 Å². The van der Waals surface area contributed by atoms with Crippen molar-refractivity contribution in [3.8, 4) is 0 Å². The summed E-state index contributed by atoms with van der Waals surface area (Å²) in [6.07, 6.45) is 6.48. The van der Waals surface area contributed by atoms with Crippen LogP contribution in [0.1, 0.15) is 50.3 Å². The number of hydrogen-bond acceptors (Lipinski definition) is 3. The van der Waals surface area contributed by atoms with Gasteiger partial charge in [-0.15, -0.1) is 0 Å². The van der Waals surface area contributed by atoms with Crippen LogP contribution in [0.25, 0.3) is 0 Å². The summed E-state index contributed by atoms with van der Waals surface area (Å²) in [6, 6.07) is 2.19. The molecular weight excluding hydrogens is 294 g/mol. The lowest BCUT2D eigenvalue weighted by Gasteiger charge is -2.23. The molecule has 0 bridgehead atoms. The van der Waals surface area contributed by atoms with E-state index in [9.17, 15) is 9.59 Å². The largest absolute Gasteiger partial charge is 0.354 e. The Kier molecular flexibility index (Phi) is 4.83. The van der Waals surface area contributed by atoms with Crippen molar-refractivity contribution in [2.45, 2.75) is 51.5 Å². The maximum atomic E-state index is 12.4. The average Bonchev–Trinajstić information content (AvgIpc) is 2.77. The summed E-state index contributed by atoms with van der Waals surface area (Å²) in [6.45, 7) is 3.51. The van der Waals surface area contributed by atoms with Gasteiger partial charge in [-0.05, 0) is 19.8 Å². The van der Waals surface area contributed by atoms with Crippen molar-refractivity contribution < 1.29 is 9.59 Å². The van der Waals surface area contributed by atoms with Crippen molar-refractivity contribution in [1.29, 1.82) is 0 Å². The predicted molar refractivity (Wildman–Crippen MR) is 87.3 cm³/mol. The highest BCUT2D eigenvalue weighted by atomic mass is 16.2. The van der Waals surface area contributed by atoms with Crippen LogP contribution in [0.3, 0.4) is 0 Å². The number of nitrogens with zero attached hydrogens (tertiary/aromatic N) is 3. The zero-order chi connectivity index (χ0) is 16.2. The lowest BCUT2D eigenvalue weighted by Crippen LogP contribution is -2.37. The van der Waals surface area contributed by atoms with Gasteiger partial charge in [-0.3, -0.25) is 14.8 Å². The van der Waals surface area contributed by atoms with E-state index in [4.69, 9.17) is 0 Å². The van der Waals surface area contributed by atoms with Crippen molar-refractivity contribution in [1.82, 2.24) is 20.0 Å². The molecule has 7 nitrogen and oxygen atoms in total. The van der Waals surface area contributed by atoms with E-state index in [2.05, 4.69) is 20.4 Å². The fourth-order valence-corrected chi connectivity index (χ4v) is 3.40. The van der Waals surface area contributed by atoms with Gasteiger partial charge in [-0.2, -0.15) is 5.10 Å². The first-order valence-corrected chi connectivity index (χ1v) is 8.52. The molecule has 3 amide bonds. The van der Waals surface area contributed by atoms with E-state index in [0.717, 1.165) is 18.5 Å². The molecule has 0 aromatic carbocycles. The fraction of sp³-hybridized carbons (Fsp3) is 0.688. The molecule has 2 fully saturated rings. The number of rotatable bonds is 2. The molecule has 1 aromatic heterocycles. The average molecular weight is 319 g/mol. The van der Waals surface area contributed by atoms with E-state index >= 15 is 0 Å². The monoisotopic (exact) mass is 319 g/mol. The molecule has 2 aliphatic rings. The van der Waals surface area contributed by atoms with Crippen molar-refractivity contribution >= 4 is 17.8 Å². The summed E-state index contributed by atoms with van der Waals surface area (Å²) in [5, 5.41) is 10.2. The summed E-state index contributed by atoms with van der Waals surface area (Å²) in [7, 11) is 0. The number of urea groups is 1. The molecule has 2 heterocycles. The lowest BCUT2D eigenvalue weighted by atomic mass is 9.95. The van der Waals surface area contributed by atoms with Crippen LogP contribution in [-0.4, -0.2) is 46.3 Å². The van der Waals surface area contributed by atoms with Crippen LogP contribution in [-0.2, 0) is 4.79 Å². The van der Waals surface area contributed by atoms with Gasteiger partial charge in [0.05, 0.1) is 6.04 Å². The molecule has 23 heavy (non-hydrogen) atoms. The van der Waals surface area contributed by atoms with Crippen LogP contribution >= 0.6 is 0 Å². The zero-order valence-corrected chi connectivity index (χ0v) is 13.7. The number of carbonyl (C=O) groups is 2. The Morgan fingerprint density at radius 2 is 2.09 bits per heavy atom. The number of nitrogens with one attached hydrogen (secondary N) is 2. The number of carbonyl (C=O) groups excluding carboxylic acids is 2. The SMILES string of the molecule is Cc1cc(NC(=O)N2CCNC(=O)CC2)nn1C1CCCCC1. The Morgan fingerprint density at radius 3 is 2.87 bits per heavy atom. The maximum Gasteiger partial charge on any atom is 0.323 e. The Morgan fingerprint density at radius 1 is 1.30 bits per heavy atom. The van der Waals surface area contributed by atoms with Gasteiger partial charge < -0.3 is 10.2 Å². The predicted octanol–water partition coefficient (Wildman–Crippen LogP) is 2.05. The number of hydrogen-bond donors (Lipinski definition) is 2. The molecule has 2 N–H and O–H groups in total. The zero-order valence-electron chi connectivity index (χ0n) is 13.7. The second kappa shape index (κ2) is 7.02. The van der Waals surface area contributed by atoms with Crippen LogP contribution in [0, 0.1) is 6.92 Å². The molecule has 7 heteroatoms. The first-order valence-electron chi connectivity index (χ1n) is 8.52. The minimum absolute atomic E-state index is 0.00211. The van der Waals surface area contributed by atoms with Crippen molar-refractivity contribution in [2.24, 2.45) is 0 Å². The Bertz CT molecular complexity index is 577. The first-order chi connectivity index (χ1) is 11.1. The molecule has 1 saturated heterocycles. The molecule has 1 aliphatic heterocycles. The van der Waals surface area contributed by atoms with Gasteiger partial charge in [0.25, 0.3) is 0 Å². The van der Waals surface area contributed by atoms with E-state index in [1.54, 1.807) is 4.90 Å². The normalized spacial score (nSPS) is 20.0. The topological polar surface area (TPSA) is 79.3 Å². The summed E-state index contributed by atoms with van der Waals surface area (Å²) in [4.78, 5) is 25.4. The minimum Gasteiger partial charge on any atom is -0.354 e. The number of aryl methyl sites for hydroxylation is 1. The number of aromatic nitrogens is 2. The van der Waals surface area contributed by atoms with Gasteiger partial charge in [0.1, 0.15) is 0 Å². The van der Waals surface area contributed by atoms with E-state index in [1.165, 1.54) is 19.3 Å². The summed E-state index contributed by atoms with van der Waals surface area (Å²) >= 11 is 0. The quantitative estimate of drug-likeness (QED) is 0.875. The third-order valence-electron chi connectivity index (χ3n) is 4.68. The Labute approximate surface area is 136 Å². The van der Waals surface area contributed by atoms with Gasteiger partial charge in [0.2, 0.25) is 5.91 Å². The molecule has 126 valence electrons. The number of amides is 3. The van der Waals surface area contributed by atoms with Crippen LogP contribution in [0.2, 0.25) is 0 Å². The van der Waals surface area contributed by atoms with E-state index in [-0.39, 0.29) is 11.9 Å². The first kappa shape index (κ1) is 15.8. The summed E-state index contributed by atoms with van der Waals surface area (Å²) in [5.41, 5.74) is 1.08. The van der Waals surface area contributed by atoms with Crippen molar-refractivity contribution in [3.63, 3.8) is 0 Å². The Hall–Kier alpha value is -2.05. The maximum absolute atomic E-state index is 12.4. The van der Waals surface area contributed by atoms with E-state index in [0.29, 0.717) is 37.9 Å². The lowest BCUT2D eigenvalue weighted by molar-refractivity contribution is -0.120. The molecule has 1 aliphatic carbocycles. The standard InChI is InChI=1S/C16H25N5O2/c1-12-11-14(19-21(12)13-5-3-2-4-6-13)18-16(23)20-9-7-15(22)17-8-10-20/h11,13H,2-10H2,1H3,(H,17,22)(H,18,19,23). The minimum atomic E-state index is -0.185. The second-order valence-electron chi connectivity index (χ2n) is 6.42. The van der Waals surface area contributed by atoms with Gasteiger partial charge in [-0.25, -0.2) is 4.79 Å². The molecule has 0 atom stereocenters. The highest BCUT2D eigenvalue weighted by Gasteiger charge is 2.21. The van der Waals surface area contributed by atoms with E-state index in [1.807, 2.05) is 13.0 Å². The van der Waals surface area contributed by atoms with E-state index < -0.39 is 0 Å². The summed E-state index contributed by atoms with van der Waals surface area (Å²) < 4.78 is 2.06. The molecule has 0 radical (unpaired) electrons. The second-order valence-corrected chi connectivity index (χ2v) is 6.42. The third-order valence-corrected chi connectivity index (χ3v) is 4.68. The highest BCUT2D eigenvalue weighted by molar-refractivity contribution is 5.89. The van der Waals surface area contributed by atoms with Crippen LogP contribution in [0.4, 0.5) is 10.6 Å². The summed E-state index contributed by atoms with van der Waals surface area (Å²) in [5.74, 6) is 0.597. The molecule has 1 aromatic rings.